The van der Waals surface area contributed by atoms with Gasteiger partial charge >= 0.3 is 0 Å². The lowest BCUT2D eigenvalue weighted by molar-refractivity contribution is -0.129. The van der Waals surface area contributed by atoms with E-state index in [2.05, 4.69) is 10.3 Å². The number of carbonyl (C=O) groups excluding carboxylic acids is 2. The van der Waals surface area contributed by atoms with Gasteiger partial charge < -0.3 is 10.2 Å². The molecule has 1 aromatic heterocycles. The molecular weight excluding hydrogens is 314 g/mol. The highest BCUT2D eigenvalue weighted by Crippen LogP contribution is 2.09. The van der Waals surface area contributed by atoms with Gasteiger partial charge in [0.25, 0.3) is 5.91 Å². The van der Waals surface area contributed by atoms with Crippen molar-refractivity contribution in [2.45, 2.75) is 13.5 Å². The Morgan fingerprint density at radius 3 is 2.39 bits per heavy atom. The molecule has 23 heavy (non-hydrogen) atoms. The lowest BCUT2D eigenvalue weighted by Crippen LogP contribution is -2.37. The summed E-state index contributed by atoms with van der Waals surface area (Å²) in [5.41, 5.74) is 1.54. The molecule has 0 atom stereocenters. The Hall–Kier alpha value is -2.40. The number of hydrogen-bond acceptors (Lipinski definition) is 3. The van der Waals surface area contributed by atoms with E-state index in [1.807, 2.05) is 12.1 Å². The largest absolute Gasteiger partial charge is 0.350 e. The summed E-state index contributed by atoms with van der Waals surface area (Å²) in [6.45, 7) is 2.83. The first-order valence-electron chi connectivity index (χ1n) is 7.24. The van der Waals surface area contributed by atoms with Crippen molar-refractivity contribution in [1.29, 1.82) is 0 Å². The summed E-state index contributed by atoms with van der Waals surface area (Å²) in [5.74, 6) is -0.225. The second kappa shape index (κ2) is 8.29. The van der Waals surface area contributed by atoms with Crippen molar-refractivity contribution < 1.29 is 9.59 Å². The number of amides is 2. The summed E-state index contributed by atoms with van der Waals surface area (Å²) in [7, 11) is 0. The lowest BCUT2D eigenvalue weighted by Gasteiger charge is -2.21. The Kier molecular flexibility index (Phi) is 6.11. The number of pyridine rings is 1. The maximum Gasteiger partial charge on any atom is 0.251 e. The topological polar surface area (TPSA) is 62.3 Å². The monoisotopic (exact) mass is 331 g/mol. The fourth-order valence-corrected chi connectivity index (χ4v) is 2.19. The molecule has 1 N–H and O–H groups in total. The number of hydrogen-bond donors (Lipinski definition) is 1. The molecule has 1 heterocycles. The molecule has 0 spiro atoms. The van der Waals surface area contributed by atoms with Gasteiger partial charge in [-0.3, -0.25) is 14.6 Å². The number of halogens is 1. The summed E-state index contributed by atoms with van der Waals surface area (Å²) < 4.78 is 0. The summed E-state index contributed by atoms with van der Waals surface area (Å²) >= 11 is 5.79. The van der Waals surface area contributed by atoms with Crippen molar-refractivity contribution in [2.75, 3.05) is 13.1 Å². The molecule has 120 valence electrons. The van der Waals surface area contributed by atoms with Crippen LogP contribution in [0.2, 0.25) is 5.02 Å². The molecule has 0 unspecified atom stereocenters. The van der Waals surface area contributed by atoms with Gasteiger partial charge in [-0.05, 0) is 42.0 Å². The van der Waals surface area contributed by atoms with Crippen molar-refractivity contribution in [3.8, 4) is 0 Å². The zero-order valence-electron chi connectivity index (χ0n) is 12.8. The molecule has 0 radical (unpaired) electrons. The first kappa shape index (κ1) is 17.0. The minimum absolute atomic E-state index is 0.0393. The SMILES string of the molecule is CC(=O)N(CCNC(=O)c1ccc(Cl)cc1)Cc1ccncc1. The highest BCUT2D eigenvalue weighted by molar-refractivity contribution is 6.30. The van der Waals surface area contributed by atoms with E-state index in [1.54, 1.807) is 41.6 Å². The van der Waals surface area contributed by atoms with Crippen molar-refractivity contribution in [1.82, 2.24) is 15.2 Å². The summed E-state index contributed by atoms with van der Waals surface area (Å²) in [5, 5.41) is 3.39. The first-order valence-corrected chi connectivity index (χ1v) is 7.62. The average molecular weight is 332 g/mol. The van der Waals surface area contributed by atoms with Crippen LogP contribution in [0.3, 0.4) is 0 Å². The van der Waals surface area contributed by atoms with Crippen LogP contribution >= 0.6 is 11.6 Å². The molecule has 2 rings (SSSR count). The van der Waals surface area contributed by atoms with Gasteiger partial charge in [0.1, 0.15) is 0 Å². The Bertz CT molecular complexity index is 659. The predicted octanol–water partition coefficient (Wildman–Crippen LogP) is 2.51. The van der Waals surface area contributed by atoms with Crippen molar-refractivity contribution in [3.63, 3.8) is 0 Å². The smallest absolute Gasteiger partial charge is 0.251 e. The molecule has 0 aliphatic carbocycles. The normalized spacial score (nSPS) is 10.2. The standard InChI is InChI=1S/C17H18ClN3O2/c1-13(22)21(12-14-6-8-19-9-7-14)11-10-20-17(23)15-2-4-16(18)5-3-15/h2-9H,10-12H2,1H3,(H,20,23). The van der Waals surface area contributed by atoms with E-state index in [0.717, 1.165) is 5.56 Å². The van der Waals surface area contributed by atoms with E-state index in [4.69, 9.17) is 11.6 Å². The number of rotatable bonds is 6. The molecular formula is C17H18ClN3O2. The van der Waals surface area contributed by atoms with Crippen molar-refractivity contribution in [2.24, 2.45) is 0 Å². The van der Waals surface area contributed by atoms with Gasteiger partial charge in [0.2, 0.25) is 5.91 Å². The Morgan fingerprint density at radius 2 is 1.78 bits per heavy atom. The summed E-state index contributed by atoms with van der Waals surface area (Å²) in [4.78, 5) is 29.3. The van der Waals surface area contributed by atoms with Gasteiger partial charge in [-0.25, -0.2) is 0 Å². The molecule has 0 aliphatic heterocycles. The zero-order valence-corrected chi connectivity index (χ0v) is 13.6. The lowest BCUT2D eigenvalue weighted by atomic mass is 10.2. The van der Waals surface area contributed by atoms with Crippen molar-refractivity contribution in [3.05, 3.63) is 64.9 Å². The van der Waals surface area contributed by atoms with Gasteiger partial charge in [-0.2, -0.15) is 0 Å². The van der Waals surface area contributed by atoms with Crippen LogP contribution in [-0.2, 0) is 11.3 Å². The fourth-order valence-electron chi connectivity index (χ4n) is 2.06. The van der Waals surface area contributed by atoms with Crippen LogP contribution in [-0.4, -0.2) is 34.8 Å². The van der Waals surface area contributed by atoms with E-state index in [-0.39, 0.29) is 11.8 Å². The number of carbonyl (C=O) groups is 2. The van der Waals surface area contributed by atoms with E-state index in [9.17, 15) is 9.59 Å². The van der Waals surface area contributed by atoms with Crippen LogP contribution in [0, 0.1) is 0 Å². The van der Waals surface area contributed by atoms with Gasteiger partial charge in [-0.1, -0.05) is 11.6 Å². The van der Waals surface area contributed by atoms with E-state index in [1.165, 1.54) is 6.92 Å². The predicted molar refractivity (Wildman–Crippen MR) is 89.1 cm³/mol. The van der Waals surface area contributed by atoms with Crippen LogP contribution < -0.4 is 5.32 Å². The van der Waals surface area contributed by atoms with E-state index >= 15 is 0 Å². The summed E-state index contributed by atoms with van der Waals surface area (Å²) in [6.07, 6.45) is 3.38. The van der Waals surface area contributed by atoms with Gasteiger partial charge in [0.15, 0.2) is 0 Å². The van der Waals surface area contributed by atoms with Crippen LogP contribution in [0.1, 0.15) is 22.8 Å². The van der Waals surface area contributed by atoms with Crippen molar-refractivity contribution >= 4 is 23.4 Å². The molecule has 0 saturated heterocycles. The maximum atomic E-state index is 12.0. The van der Waals surface area contributed by atoms with Gasteiger partial charge in [-0.15, -0.1) is 0 Å². The number of aromatic nitrogens is 1. The summed E-state index contributed by atoms with van der Waals surface area (Å²) in [6, 6.07) is 10.4. The number of nitrogens with zero attached hydrogens (tertiary/aromatic N) is 2. The van der Waals surface area contributed by atoms with E-state index in [0.29, 0.717) is 30.2 Å². The minimum atomic E-state index is -0.186. The highest BCUT2D eigenvalue weighted by Gasteiger charge is 2.10. The minimum Gasteiger partial charge on any atom is -0.350 e. The van der Waals surface area contributed by atoms with Crippen LogP contribution in [0.5, 0.6) is 0 Å². The number of nitrogens with one attached hydrogen (secondary N) is 1. The van der Waals surface area contributed by atoms with Crippen LogP contribution in [0.4, 0.5) is 0 Å². The third kappa shape index (κ3) is 5.38. The zero-order chi connectivity index (χ0) is 16.7. The fraction of sp³-hybridized carbons (Fsp3) is 0.235. The maximum absolute atomic E-state index is 12.0. The quantitative estimate of drug-likeness (QED) is 0.884. The van der Waals surface area contributed by atoms with Crippen LogP contribution in [0.25, 0.3) is 0 Å². The molecule has 2 aromatic rings. The molecule has 0 aliphatic rings. The average Bonchev–Trinajstić information content (AvgIpc) is 2.55. The Balaban J connectivity index is 1.85. The number of benzene rings is 1. The second-order valence-electron chi connectivity index (χ2n) is 5.06. The molecule has 0 fully saturated rings. The Labute approximate surface area is 140 Å². The molecule has 1 aromatic carbocycles. The third-order valence-corrected chi connectivity index (χ3v) is 3.59. The molecule has 6 heteroatoms. The van der Waals surface area contributed by atoms with Crippen LogP contribution in [0.15, 0.2) is 48.8 Å². The molecule has 0 bridgehead atoms. The molecule has 0 saturated carbocycles. The Morgan fingerprint density at radius 1 is 1.13 bits per heavy atom. The first-order chi connectivity index (χ1) is 11.1. The van der Waals surface area contributed by atoms with Gasteiger partial charge in [0, 0.05) is 49.5 Å². The highest BCUT2D eigenvalue weighted by atomic mass is 35.5. The third-order valence-electron chi connectivity index (χ3n) is 3.34. The molecule has 2 amide bonds. The second-order valence-corrected chi connectivity index (χ2v) is 5.50. The molecule has 5 nitrogen and oxygen atoms in total. The van der Waals surface area contributed by atoms with Gasteiger partial charge in [0.05, 0.1) is 0 Å². The van der Waals surface area contributed by atoms with E-state index < -0.39 is 0 Å².